The molecule has 1 aromatic carbocycles. The second-order valence-electron chi connectivity index (χ2n) is 9.64. The lowest BCUT2D eigenvalue weighted by atomic mass is 9.96. The van der Waals surface area contributed by atoms with E-state index in [4.69, 9.17) is 14.5 Å². The van der Waals surface area contributed by atoms with Crippen LogP contribution in [0.2, 0.25) is 0 Å². The van der Waals surface area contributed by atoms with Gasteiger partial charge in [0.05, 0.1) is 31.5 Å². The van der Waals surface area contributed by atoms with Gasteiger partial charge in [0.25, 0.3) is 5.88 Å². The molecule has 0 radical (unpaired) electrons. The highest BCUT2D eigenvalue weighted by Crippen LogP contribution is 2.29. The molecule has 3 aromatic rings. The Bertz CT molecular complexity index is 1380. The third-order valence-electron chi connectivity index (χ3n) is 6.71. The predicted molar refractivity (Wildman–Crippen MR) is 156 cm³/mol. The van der Waals surface area contributed by atoms with Crippen LogP contribution in [0.15, 0.2) is 65.9 Å². The number of hydrogen-bond acceptors (Lipinski definition) is 7. The van der Waals surface area contributed by atoms with E-state index in [0.717, 1.165) is 53.9 Å². The number of carbonyl (C=O) groups is 1. The van der Waals surface area contributed by atoms with Gasteiger partial charge in [0.15, 0.2) is 11.2 Å². The minimum atomic E-state index is -0.105. The van der Waals surface area contributed by atoms with Crippen LogP contribution in [-0.2, 0) is 11.8 Å². The summed E-state index contributed by atoms with van der Waals surface area (Å²) < 4.78 is 12.7. The van der Waals surface area contributed by atoms with Crippen molar-refractivity contribution in [3.8, 4) is 11.6 Å². The van der Waals surface area contributed by atoms with Crippen molar-refractivity contribution in [2.75, 3.05) is 42.8 Å². The molecule has 0 bridgehead atoms. The number of nitrogens with zero attached hydrogens (tertiary/aromatic N) is 4. The molecule has 0 spiro atoms. The van der Waals surface area contributed by atoms with E-state index in [1.54, 1.807) is 14.2 Å². The second kappa shape index (κ2) is 13.0. The summed E-state index contributed by atoms with van der Waals surface area (Å²) in [4.78, 5) is 24.6. The average molecular weight is 531 g/mol. The van der Waals surface area contributed by atoms with Crippen molar-refractivity contribution in [2.24, 2.45) is 18.0 Å². The highest BCUT2D eigenvalue weighted by atomic mass is 16.5. The molecule has 0 aliphatic carbocycles. The molecule has 4 rings (SSSR count). The highest BCUT2D eigenvalue weighted by molar-refractivity contribution is 5.93. The molecule has 1 amide bonds. The molecule has 39 heavy (non-hydrogen) atoms. The van der Waals surface area contributed by atoms with Gasteiger partial charge in [-0.15, -0.1) is 0 Å². The summed E-state index contributed by atoms with van der Waals surface area (Å²) >= 11 is 0. The van der Waals surface area contributed by atoms with Crippen molar-refractivity contribution in [3.63, 3.8) is 0 Å². The zero-order valence-corrected chi connectivity index (χ0v) is 23.4. The first-order valence-corrected chi connectivity index (χ1v) is 13.3. The third kappa shape index (κ3) is 6.98. The van der Waals surface area contributed by atoms with Gasteiger partial charge < -0.3 is 29.6 Å². The number of amides is 1. The van der Waals surface area contributed by atoms with Crippen LogP contribution in [0.5, 0.6) is 11.6 Å². The van der Waals surface area contributed by atoms with Gasteiger partial charge in [-0.05, 0) is 56.5 Å². The summed E-state index contributed by atoms with van der Waals surface area (Å²) in [6, 6.07) is 13.6. The van der Waals surface area contributed by atoms with E-state index in [1.807, 2.05) is 67.2 Å². The first kappa shape index (κ1) is 27.8. The molecular weight excluding hydrogens is 492 g/mol. The van der Waals surface area contributed by atoms with E-state index in [1.165, 1.54) is 0 Å². The Labute approximate surface area is 230 Å². The molecule has 1 aliphatic heterocycles. The molecule has 9 nitrogen and oxygen atoms in total. The Morgan fingerprint density at radius 2 is 1.97 bits per heavy atom. The van der Waals surface area contributed by atoms with Gasteiger partial charge >= 0.3 is 0 Å². The topological polar surface area (TPSA) is 93.0 Å². The molecule has 206 valence electrons. The maximum absolute atomic E-state index is 13.1. The number of nitrogens with one attached hydrogen (secondary N) is 2. The minimum absolute atomic E-state index is 0.0529. The van der Waals surface area contributed by atoms with Crippen molar-refractivity contribution >= 4 is 28.8 Å². The number of piperidine rings is 1. The average Bonchev–Trinajstić information content (AvgIpc) is 2.95. The highest BCUT2D eigenvalue weighted by Gasteiger charge is 2.27. The number of anilines is 4. The van der Waals surface area contributed by atoms with Crippen LogP contribution < -0.4 is 30.5 Å². The maximum atomic E-state index is 13.1. The maximum Gasteiger partial charge on any atom is 0.258 e. The van der Waals surface area contributed by atoms with Crippen LogP contribution in [-0.4, -0.2) is 42.8 Å². The standard InChI is InChI=1S/C30H38N6O3/c1-6-7-16-31-28-25(33-27-15-14-26(38-4)30(34-27)39-5)18-24(20-35(28)3)36-17-8-9-22(19-36)29(37)32-23-12-10-21(2)11-13-23/h7,10-16,18,20,22H,6,8-9,17,19H2,1-5H3,(H,32,37)(H,33,34). The number of rotatable bonds is 9. The van der Waals surface area contributed by atoms with Gasteiger partial charge in [0.2, 0.25) is 5.91 Å². The largest absolute Gasteiger partial charge is 0.491 e. The predicted octanol–water partition coefficient (Wildman–Crippen LogP) is 5.17. The van der Waals surface area contributed by atoms with Crippen LogP contribution in [0.25, 0.3) is 0 Å². The summed E-state index contributed by atoms with van der Waals surface area (Å²) in [7, 11) is 5.12. The van der Waals surface area contributed by atoms with Gasteiger partial charge in [0.1, 0.15) is 5.82 Å². The molecule has 1 unspecified atom stereocenters. The lowest BCUT2D eigenvalue weighted by Crippen LogP contribution is -2.41. The first-order valence-electron chi connectivity index (χ1n) is 13.3. The number of methoxy groups -OCH3 is 2. The summed E-state index contributed by atoms with van der Waals surface area (Å²) in [5, 5.41) is 6.50. The van der Waals surface area contributed by atoms with Crippen molar-refractivity contribution in [2.45, 2.75) is 33.1 Å². The van der Waals surface area contributed by atoms with Crippen LogP contribution in [0.1, 0.15) is 31.7 Å². The molecule has 1 atom stereocenters. The Hall–Kier alpha value is -4.27. The van der Waals surface area contributed by atoms with Gasteiger partial charge in [-0.3, -0.25) is 4.79 Å². The SMILES string of the molecule is CCC=CN=c1c(Nc2ccc(OC)c(OC)n2)cc(N2CCCC(C(=O)Nc3ccc(C)cc3)C2)cn1C. The second-order valence-corrected chi connectivity index (χ2v) is 9.64. The lowest BCUT2D eigenvalue weighted by molar-refractivity contribution is -0.120. The van der Waals surface area contributed by atoms with Crippen LogP contribution in [0.4, 0.5) is 22.9 Å². The van der Waals surface area contributed by atoms with Gasteiger partial charge in [-0.25, -0.2) is 4.99 Å². The fraction of sp³-hybridized carbons (Fsp3) is 0.367. The van der Waals surface area contributed by atoms with Crippen molar-refractivity contribution < 1.29 is 14.3 Å². The van der Waals surface area contributed by atoms with Crippen molar-refractivity contribution in [1.29, 1.82) is 0 Å². The van der Waals surface area contributed by atoms with Crippen molar-refractivity contribution in [3.05, 3.63) is 72.0 Å². The summed E-state index contributed by atoms with van der Waals surface area (Å²) in [5.74, 6) is 1.50. The van der Waals surface area contributed by atoms with E-state index >= 15 is 0 Å². The molecule has 2 N–H and O–H groups in total. The molecular formula is C30H38N6O3. The molecule has 0 saturated carbocycles. The summed E-state index contributed by atoms with van der Waals surface area (Å²) in [5.41, 5.74) is 4.55. The summed E-state index contributed by atoms with van der Waals surface area (Å²) in [6.45, 7) is 5.61. The van der Waals surface area contributed by atoms with Crippen LogP contribution >= 0.6 is 0 Å². The summed E-state index contributed by atoms with van der Waals surface area (Å²) in [6.07, 6.45) is 8.57. The molecule has 1 saturated heterocycles. The number of carbonyl (C=O) groups excluding carboxylic acids is 1. The third-order valence-corrected chi connectivity index (χ3v) is 6.71. The smallest absolute Gasteiger partial charge is 0.258 e. The molecule has 3 heterocycles. The molecule has 1 aliphatic rings. The Kier molecular flexibility index (Phi) is 9.25. The van der Waals surface area contributed by atoms with E-state index in [9.17, 15) is 4.79 Å². The first-order chi connectivity index (χ1) is 18.9. The fourth-order valence-corrected chi connectivity index (χ4v) is 4.60. The number of ether oxygens (including phenoxy) is 2. The van der Waals surface area contributed by atoms with Gasteiger partial charge in [0, 0.05) is 38.2 Å². The normalized spacial score (nSPS) is 15.9. The number of allylic oxidation sites excluding steroid dienone is 1. The Balaban J connectivity index is 1.61. The van der Waals surface area contributed by atoms with E-state index in [0.29, 0.717) is 24.0 Å². The Morgan fingerprint density at radius 3 is 2.69 bits per heavy atom. The van der Waals surface area contributed by atoms with Gasteiger partial charge in [-0.2, -0.15) is 4.98 Å². The minimum Gasteiger partial charge on any atom is -0.491 e. The molecule has 2 aromatic heterocycles. The van der Waals surface area contributed by atoms with E-state index in [-0.39, 0.29) is 11.8 Å². The number of hydrogen-bond donors (Lipinski definition) is 2. The number of aromatic nitrogens is 2. The van der Waals surface area contributed by atoms with Gasteiger partial charge in [-0.1, -0.05) is 30.7 Å². The molecule has 9 heteroatoms. The zero-order chi connectivity index (χ0) is 27.8. The number of aryl methyl sites for hydroxylation is 2. The quantitative estimate of drug-likeness (QED) is 0.397. The van der Waals surface area contributed by atoms with E-state index < -0.39 is 0 Å². The van der Waals surface area contributed by atoms with Crippen molar-refractivity contribution in [1.82, 2.24) is 9.55 Å². The lowest BCUT2D eigenvalue weighted by Gasteiger charge is -2.34. The monoisotopic (exact) mass is 530 g/mol. The number of benzene rings is 1. The number of pyridine rings is 2. The van der Waals surface area contributed by atoms with E-state index in [2.05, 4.69) is 39.7 Å². The molecule has 1 fully saturated rings. The fourth-order valence-electron chi connectivity index (χ4n) is 4.60. The zero-order valence-electron chi connectivity index (χ0n) is 23.4. The van der Waals surface area contributed by atoms with Crippen LogP contribution in [0.3, 0.4) is 0 Å². The van der Waals surface area contributed by atoms with Crippen LogP contribution in [0, 0.1) is 12.8 Å². The Morgan fingerprint density at radius 1 is 1.18 bits per heavy atom.